The lowest BCUT2D eigenvalue weighted by molar-refractivity contribution is 0.0788. The molecule has 0 saturated heterocycles. The van der Waals surface area contributed by atoms with E-state index in [1.807, 2.05) is 55.4 Å². The first-order valence-corrected chi connectivity index (χ1v) is 8.63. The van der Waals surface area contributed by atoms with Crippen LogP contribution in [0.15, 0.2) is 29.8 Å². The van der Waals surface area contributed by atoms with Gasteiger partial charge >= 0.3 is 0 Å². The molecule has 0 atom stereocenters. The van der Waals surface area contributed by atoms with E-state index in [0.29, 0.717) is 17.3 Å². The average molecular weight is 348 g/mol. The van der Waals surface area contributed by atoms with E-state index in [9.17, 15) is 4.79 Å². The van der Waals surface area contributed by atoms with Crippen molar-refractivity contribution in [2.45, 2.75) is 13.3 Å². The molecule has 0 spiro atoms. The smallest absolute Gasteiger partial charge is 0.270 e. The highest BCUT2D eigenvalue weighted by atomic mass is 35.5. The quantitative estimate of drug-likeness (QED) is 0.717. The van der Waals surface area contributed by atoms with E-state index in [1.165, 1.54) is 4.88 Å². The maximum atomic E-state index is 12.7. The summed E-state index contributed by atoms with van der Waals surface area (Å²) in [6, 6.07) is 7.58. The third kappa shape index (κ3) is 2.99. The molecule has 0 aliphatic heterocycles. The van der Waals surface area contributed by atoms with Crippen LogP contribution in [0.3, 0.4) is 0 Å². The first kappa shape index (κ1) is 16.0. The van der Waals surface area contributed by atoms with Crippen molar-refractivity contribution in [3.05, 3.63) is 51.1 Å². The van der Waals surface area contributed by atoms with Gasteiger partial charge in [0.25, 0.3) is 5.91 Å². The number of aromatic nitrogens is 2. The Morgan fingerprint density at radius 3 is 2.87 bits per heavy atom. The van der Waals surface area contributed by atoms with Gasteiger partial charge in [0.15, 0.2) is 0 Å². The van der Waals surface area contributed by atoms with Crippen LogP contribution in [0.25, 0.3) is 10.9 Å². The van der Waals surface area contributed by atoms with Gasteiger partial charge in [0.2, 0.25) is 0 Å². The molecule has 0 aliphatic carbocycles. The van der Waals surface area contributed by atoms with Crippen LogP contribution in [-0.4, -0.2) is 34.0 Å². The van der Waals surface area contributed by atoms with Crippen LogP contribution in [0.5, 0.6) is 0 Å². The van der Waals surface area contributed by atoms with E-state index in [2.05, 4.69) is 4.98 Å². The van der Waals surface area contributed by atoms with Crippen LogP contribution in [0.1, 0.15) is 21.1 Å². The van der Waals surface area contributed by atoms with Crippen LogP contribution >= 0.6 is 22.9 Å². The van der Waals surface area contributed by atoms with Gasteiger partial charge in [0.05, 0.1) is 11.2 Å². The maximum absolute atomic E-state index is 12.7. The monoisotopic (exact) mass is 347 g/mol. The number of thiazole rings is 1. The number of benzene rings is 1. The molecule has 0 unspecified atom stereocenters. The minimum atomic E-state index is 0.00179. The van der Waals surface area contributed by atoms with E-state index in [-0.39, 0.29) is 5.91 Å². The van der Waals surface area contributed by atoms with Gasteiger partial charge in [-0.1, -0.05) is 17.7 Å². The second kappa shape index (κ2) is 6.34. The van der Waals surface area contributed by atoms with Crippen molar-refractivity contribution in [2.75, 3.05) is 13.6 Å². The standard InChI is InChI=1S/C17H18ClN3OS/c1-11-16(23-10-19-11)7-8-20(2)17(22)15-9-12-13(18)5-4-6-14(12)21(15)3/h4-6,9-10H,7-8H2,1-3H3. The van der Waals surface area contributed by atoms with E-state index in [1.54, 1.807) is 16.2 Å². The van der Waals surface area contributed by atoms with Crippen molar-refractivity contribution in [3.8, 4) is 0 Å². The Morgan fingerprint density at radius 1 is 1.43 bits per heavy atom. The zero-order valence-electron chi connectivity index (χ0n) is 13.3. The van der Waals surface area contributed by atoms with E-state index < -0.39 is 0 Å². The van der Waals surface area contributed by atoms with Crippen molar-refractivity contribution in [2.24, 2.45) is 7.05 Å². The lowest BCUT2D eigenvalue weighted by Gasteiger charge is -2.17. The molecule has 4 nitrogen and oxygen atoms in total. The molecule has 0 fully saturated rings. The fourth-order valence-corrected chi connectivity index (χ4v) is 3.66. The molecule has 3 rings (SSSR count). The molecule has 0 aliphatic rings. The number of hydrogen-bond acceptors (Lipinski definition) is 3. The van der Waals surface area contributed by atoms with Crippen LogP contribution in [0.4, 0.5) is 0 Å². The molecule has 3 aromatic rings. The van der Waals surface area contributed by atoms with E-state index in [4.69, 9.17) is 11.6 Å². The van der Waals surface area contributed by atoms with Crippen LogP contribution in [0.2, 0.25) is 5.02 Å². The summed E-state index contributed by atoms with van der Waals surface area (Å²) in [5.74, 6) is 0.00179. The number of fused-ring (bicyclic) bond motifs is 1. The summed E-state index contributed by atoms with van der Waals surface area (Å²) in [6.07, 6.45) is 0.823. The number of aryl methyl sites for hydroxylation is 2. The Bertz CT molecular complexity index is 868. The lowest BCUT2D eigenvalue weighted by Crippen LogP contribution is -2.30. The van der Waals surface area contributed by atoms with Gasteiger partial charge in [-0.3, -0.25) is 4.79 Å². The third-order valence-corrected chi connectivity index (χ3v) is 5.44. The first-order valence-electron chi connectivity index (χ1n) is 7.37. The highest BCUT2D eigenvalue weighted by Crippen LogP contribution is 2.26. The number of carbonyl (C=O) groups excluding carboxylic acids is 1. The molecule has 23 heavy (non-hydrogen) atoms. The average Bonchev–Trinajstić information content (AvgIpc) is 3.09. The van der Waals surface area contributed by atoms with E-state index >= 15 is 0 Å². The Balaban J connectivity index is 1.81. The molecule has 0 N–H and O–H groups in total. The topological polar surface area (TPSA) is 38.1 Å². The van der Waals surface area contributed by atoms with Gasteiger partial charge in [-0.2, -0.15) is 0 Å². The fraction of sp³-hybridized carbons (Fsp3) is 0.294. The molecule has 0 bridgehead atoms. The lowest BCUT2D eigenvalue weighted by atomic mass is 10.2. The van der Waals surface area contributed by atoms with Gasteiger partial charge in [-0.25, -0.2) is 4.98 Å². The number of halogens is 1. The minimum Gasteiger partial charge on any atom is -0.340 e. The Kier molecular flexibility index (Phi) is 4.41. The largest absolute Gasteiger partial charge is 0.340 e. The Morgan fingerprint density at radius 2 is 2.22 bits per heavy atom. The highest BCUT2D eigenvalue weighted by Gasteiger charge is 2.18. The second-order valence-electron chi connectivity index (χ2n) is 5.60. The van der Waals surface area contributed by atoms with Gasteiger partial charge in [0.1, 0.15) is 5.69 Å². The Labute approximate surface area is 144 Å². The Hall–Kier alpha value is -1.85. The van der Waals surface area contributed by atoms with Gasteiger partial charge in [-0.15, -0.1) is 11.3 Å². The van der Waals surface area contributed by atoms with Crippen LogP contribution in [0, 0.1) is 6.92 Å². The summed E-state index contributed by atoms with van der Waals surface area (Å²) in [6.45, 7) is 2.66. The molecule has 1 aromatic carbocycles. The molecule has 120 valence electrons. The van der Waals surface area contributed by atoms with Gasteiger partial charge < -0.3 is 9.47 Å². The number of likely N-dealkylation sites (N-methyl/N-ethyl adjacent to an activating group) is 1. The van der Waals surface area contributed by atoms with Gasteiger partial charge in [-0.05, 0) is 25.1 Å². The molecule has 0 radical (unpaired) electrons. The number of rotatable bonds is 4. The van der Waals surface area contributed by atoms with Crippen molar-refractivity contribution in [1.82, 2.24) is 14.5 Å². The van der Waals surface area contributed by atoms with Crippen molar-refractivity contribution in [1.29, 1.82) is 0 Å². The van der Waals surface area contributed by atoms with Gasteiger partial charge in [0, 0.05) is 47.9 Å². The van der Waals surface area contributed by atoms with Crippen LogP contribution in [-0.2, 0) is 13.5 Å². The van der Waals surface area contributed by atoms with Crippen molar-refractivity contribution in [3.63, 3.8) is 0 Å². The summed E-state index contributed by atoms with van der Waals surface area (Å²) >= 11 is 7.87. The van der Waals surface area contributed by atoms with E-state index in [0.717, 1.165) is 23.0 Å². The number of carbonyl (C=O) groups is 1. The number of nitrogens with zero attached hydrogens (tertiary/aromatic N) is 3. The maximum Gasteiger partial charge on any atom is 0.270 e. The molecule has 0 saturated carbocycles. The summed E-state index contributed by atoms with van der Waals surface area (Å²) in [5.41, 5.74) is 4.51. The summed E-state index contributed by atoms with van der Waals surface area (Å²) < 4.78 is 1.90. The normalized spacial score (nSPS) is 11.1. The second-order valence-corrected chi connectivity index (χ2v) is 6.95. The predicted molar refractivity (Wildman–Crippen MR) is 95.4 cm³/mol. The predicted octanol–water partition coefficient (Wildman–Crippen LogP) is 3.91. The first-order chi connectivity index (χ1) is 11.0. The zero-order chi connectivity index (χ0) is 16.6. The molecule has 2 aromatic heterocycles. The number of hydrogen-bond donors (Lipinski definition) is 0. The molecular weight excluding hydrogens is 330 g/mol. The summed E-state index contributed by atoms with van der Waals surface area (Å²) in [5, 5.41) is 1.58. The summed E-state index contributed by atoms with van der Waals surface area (Å²) in [7, 11) is 3.73. The fourth-order valence-electron chi connectivity index (χ4n) is 2.66. The molecule has 2 heterocycles. The van der Waals surface area contributed by atoms with Crippen molar-refractivity contribution < 1.29 is 4.79 Å². The molecule has 6 heteroatoms. The highest BCUT2D eigenvalue weighted by molar-refractivity contribution is 7.09. The molecular formula is C17H18ClN3OS. The zero-order valence-corrected chi connectivity index (χ0v) is 14.9. The number of amides is 1. The van der Waals surface area contributed by atoms with Crippen LogP contribution < -0.4 is 0 Å². The van der Waals surface area contributed by atoms with Crippen molar-refractivity contribution >= 4 is 39.7 Å². The SMILES string of the molecule is Cc1ncsc1CCN(C)C(=O)c1cc2c(Cl)cccc2n1C. The third-order valence-electron chi connectivity index (χ3n) is 4.12. The minimum absolute atomic E-state index is 0.00179. The molecule has 1 amide bonds. The summed E-state index contributed by atoms with van der Waals surface area (Å²) in [4.78, 5) is 20.0.